The lowest BCUT2D eigenvalue weighted by Gasteiger charge is -2.37. The molecule has 1 heterocycles. The zero-order chi connectivity index (χ0) is 22.4. The van der Waals surface area contributed by atoms with Gasteiger partial charge in [-0.15, -0.1) is 0 Å². The Morgan fingerprint density at radius 1 is 1.06 bits per heavy atom. The van der Waals surface area contributed by atoms with Gasteiger partial charge in [-0.1, -0.05) is 38.1 Å². The summed E-state index contributed by atoms with van der Waals surface area (Å²) in [4.78, 5) is 39.1. The van der Waals surface area contributed by atoms with Crippen LogP contribution in [0.2, 0.25) is 0 Å². The van der Waals surface area contributed by atoms with E-state index < -0.39 is 4.92 Å². The van der Waals surface area contributed by atoms with E-state index in [0.29, 0.717) is 37.4 Å². The smallest absolute Gasteiger partial charge is 0.270 e. The van der Waals surface area contributed by atoms with Crippen molar-refractivity contribution in [3.05, 3.63) is 70.3 Å². The molecule has 0 unspecified atom stereocenters. The average Bonchev–Trinajstić information content (AvgIpc) is 2.78. The number of nitrogens with one attached hydrogen (secondary N) is 1. The zero-order valence-electron chi connectivity index (χ0n) is 17.7. The highest BCUT2D eigenvalue weighted by molar-refractivity contribution is 6.03. The van der Waals surface area contributed by atoms with E-state index in [9.17, 15) is 19.7 Å². The van der Waals surface area contributed by atoms with Crippen LogP contribution in [0, 0.1) is 16.0 Å². The maximum absolute atomic E-state index is 12.5. The quantitative estimate of drug-likeness (QED) is 0.436. The number of amides is 2. The zero-order valence-corrected chi connectivity index (χ0v) is 17.7. The second-order valence-electron chi connectivity index (χ2n) is 7.66. The van der Waals surface area contributed by atoms with Gasteiger partial charge in [0.15, 0.2) is 0 Å². The highest BCUT2D eigenvalue weighted by atomic mass is 16.6. The summed E-state index contributed by atoms with van der Waals surface area (Å²) in [7, 11) is 0. The minimum absolute atomic E-state index is 0.0176. The maximum atomic E-state index is 12.5. The Hall–Kier alpha value is -3.68. The lowest BCUT2D eigenvalue weighted by molar-refractivity contribution is -0.384. The van der Waals surface area contributed by atoms with Crippen LogP contribution in [0.5, 0.6) is 0 Å². The molecule has 0 atom stereocenters. The largest absolute Gasteiger partial charge is 0.366 e. The van der Waals surface area contributed by atoms with E-state index >= 15 is 0 Å². The maximum Gasteiger partial charge on any atom is 0.270 e. The monoisotopic (exact) mass is 422 g/mol. The predicted molar refractivity (Wildman–Crippen MR) is 121 cm³/mol. The minimum atomic E-state index is -0.470. The molecule has 0 aliphatic carbocycles. The average molecular weight is 422 g/mol. The molecule has 162 valence electrons. The van der Waals surface area contributed by atoms with Gasteiger partial charge in [0.2, 0.25) is 11.8 Å². The molecule has 2 amide bonds. The third kappa shape index (κ3) is 5.69. The van der Waals surface area contributed by atoms with Crippen LogP contribution < -0.4 is 10.2 Å². The minimum Gasteiger partial charge on any atom is -0.366 e. The number of piperazine rings is 1. The number of carbonyl (C=O) groups is 2. The number of rotatable bonds is 6. The third-order valence-electron chi connectivity index (χ3n) is 5.10. The van der Waals surface area contributed by atoms with Crippen LogP contribution in [0.1, 0.15) is 19.4 Å². The molecular formula is C23H26N4O4. The van der Waals surface area contributed by atoms with Crippen molar-refractivity contribution in [2.24, 2.45) is 5.92 Å². The highest BCUT2D eigenvalue weighted by Gasteiger charge is 2.24. The van der Waals surface area contributed by atoms with Gasteiger partial charge >= 0.3 is 0 Å². The number of nitro groups is 1. The van der Waals surface area contributed by atoms with Crippen LogP contribution in [0.4, 0.5) is 17.1 Å². The fraction of sp³-hybridized carbons (Fsp3) is 0.304. The Balaban J connectivity index is 1.66. The first-order chi connectivity index (χ1) is 14.8. The summed E-state index contributed by atoms with van der Waals surface area (Å²) in [6, 6.07) is 13.6. The van der Waals surface area contributed by atoms with Crippen molar-refractivity contribution in [1.29, 1.82) is 0 Å². The first kappa shape index (κ1) is 22.0. The second kappa shape index (κ2) is 9.88. The summed E-state index contributed by atoms with van der Waals surface area (Å²) in [5.41, 5.74) is 2.13. The molecule has 1 aliphatic heterocycles. The van der Waals surface area contributed by atoms with E-state index in [0.717, 1.165) is 5.69 Å². The fourth-order valence-electron chi connectivity index (χ4n) is 3.48. The molecule has 0 spiro atoms. The number of non-ortho nitro benzene ring substituents is 1. The Morgan fingerprint density at radius 3 is 2.45 bits per heavy atom. The van der Waals surface area contributed by atoms with Gasteiger partial charge in [0.05, 0.1) is 16.3 Å². The summed E-state index contributed by atoms with van der Waals surface area (Å²) >= 11 is 0. The Labute approximate surface area is 181 Å². The first-order valence-electron chi connectivity index (χ1n) is 10.2. The molecule has 0 bridgehead atoms. The van der Waals surface area contributed by atoms with Gasteiger partial charge < -0.3 is 15.1 Å². The lowest BCUT2D eigenvalue weighted by atomic mass is 10.1. The summed E-state index contributed by atoms with van der Waals surface area (Å²) in [5.74, 6) is -0.184. The van der Waals surface area contributed by atoms with E-state index in [-0.39, 0.29) is 23.4 Å². The van der Waals surface area contributed by atoms with Crippen molar-refractivity contribution < 1.29 is 14.5 Å². The van der Waals surface area contributed by atoms with Crippen molar-refractivity contribution in [3.63, 3.8) is 0 Å². The molecule has 1 N–H and O–H groups in total. The summed E-state index contributed by atoms with van der Waals surface area (Å²) in [5, 5.41) is 13.8. The van der Waals surface area contributed by atoms with E-state index in [1.807, 2.05) is 43.0 Å². The fourth-order valence-corrected chi connectivity index (χ4v) is 3.48. The normalized spacial score (nSPS) is 14.2. The van der Waals surface area contributed by atoms with Gasteiger partial charge in [0.25, 0.3) is 5.69 Å². The van der Waals surface area contributed by atoms with Crippen molar-refractivity contribution in [3.8, 4) is 0 Å². The molecule has 31 heavy (non-hydrogen) atoms. The molecule has 2 aromatic carbocycles. The number of benzene rings is 2. The van der Waals surface area contributed by atoms with Gasteiger partial charge in [0.1, 0.15) is 0 Å². The van der Waals surface area contributed by atoms with Crippen LogP contribution >= 0.6 is 0 Å². The first-order valence-corrected chi connectivity index (χ1v) is 10.2. The molecule has 8 nitrogen and oxygen atoms in total. The summed E-state index contributed by atoms with van der Waals surface area (Å²) in [6.45, 7) is 6.48. The van der Waals surface area contributed by atoms with Crippen molar-refractivity contribution in [2.45, 2.75) is 13.8 Å². The number of anilines is 2. The molecule has 0 aromatic heterocycles. The van der Waals surface area contributed by atoms with E-state index in [1.54, 1.807) is 18.2 Å². The number of para-hydroxylation sites is 2. The predicted octanol–water partition coefficient (Wildman–Crippen LogP) is 3.55. The Morgan fingerprint density at radius 2 is 1.77 bits per heavy atom. The lowest BCUT2D eigenvalue weighted by Crippen LogP contribution is -2.50. The molecule has 2 aromatic rings. The van der Waals surface area contributed by atoms with Gasteiger partial charge in [0, 0.05) is 50.3 Å². The van der Waals surface area contributed by atoms with E-state index in [1.165, 1.54) is 18.2 Å². The summed E-state index contributed by atoms with van der Waals surface area (Å²) < 4.78 is 0. The van der Waals surface area contributed by atoms with E-state index in [4.69, 9.17) is 0 Å². The van der Waals surface area contributed by atoms with Crippen molar-refractivity contribution >= 4 is 35.0 Å². The van der Waals surface area contributed by atoms with Gasteiger partial charge in [-0.05, 0) is 23.8 Å². The number of carbonyl (C=O) groups excluding carboxylic acids is 2. The molecule has 3 rings (SSSR count). The topological polar surface area (TPSA) is 95.8 Å². The van der Waals surface area contributed by atoms with E-state index in [2.05, 4.69) is 10.2 Å². The number of nitrogens with zero attached hydrogens (tertiary/aromatic N) is 3. The van der Waals surface area contributed by atoms with Gasteiger partial charge in [-0.2, -0.15) is 0 Å². The van der Waals surface area contributed by atoms with Crippen LogP contribution in [0.15, 0.2) is 54.6 Å². The third-order valence-corrected chi connectivity index (χ3v) is 5.10. The standard InChI is InChI=1S/C23H26N4O4/c1-17(2)23(29)26-14-12-25(13-15-26)21-9-4-3-8-20(21)24-22(28)11-10-18-6-5-7-19(16-18)27(30)31/h3-11,16-17H,12-15H2,1-2H3,(H,24,28)/b11-10+. The van der Waals surface area contributed by atoms with Crippen LogP contribution in [0.25, 0.3) is 6.08 Å². The Bertz CT molecular complexity index is 995. The number of hydrogen-bond acceptors (Lipinski definition) is 5. The van der Waals surface area contributed by atoms with Crippen LogP contribution in [0.3, 0.4) is 0 Å². The van der Waals surface area contributed by atoms with Crippen molar-refractivity contribution in [1.82, 2.24) is 4.90 Å². The molecular weight excluding hydrogens is 396 g/mol. The molecule has 1 fully saturated rings. The molecule has 1 aliphatic rings. The second-order valence-corrected chi connectivity index (χ2v) is 7.66. The molecule has 1 saturated heterocycles. The number of nitro benzene ring substituents is 1. The summed E-state index contributed by atoms with van der Waals surface area (Å²) in [6.07, 6.45) is 2.90. The number of hydrogen-bond donors (Lipinski definition) is 1. The SMILES string of the molecule is CC(C)C(=O)N1CCN(c2ccccc2NC(=O)/C=C/c2cccc([N+](=O)[O-])c2)CC1. The Kier molecular flexibility index (Phi) is 7.02. The van der Waals surface area contributed by atoms with Gasteiger partial charge in [-0.3, -0.25) is 19.7 Å². The molecule has 0 saturated carbocycles. The van der Waals surface area contributed by atoms with Crippen LogP contribution in [-0.2, 0) is 9.59 Å². The van der Waals surface area contributed by atoms with Crippen molar-refractivity contribution in [2.75, 3.05) is 36.4 Å². The van der Waals surface area contributed by atoms with Gasteiger partial charge in [-0.25, -0.2) is 0 Å². The highest BCUT2D eigenvalue weighted by Crippen LogP contribution is 2.27. The molecule has 0 radical (unpaired) electrons. The molecule has 8 heteroatoms. The van der Waals surface area contributed by atoms with Crippen LogP contribution in [-0.4, -0.2) is 47.8 Å².